The topological polar surface area (TPSA) is 21.1 Å². The molecular weight excluding hydrogens is 296 g/mol. The Kier molecular flexibility index (Phi) is 5.53. The van der Waals surface area contributed by atoms with E-state index in [-0.39, 0.29) is 11.4 Å². The lowest BCUT2D eigenvalue weighted by Gasteiger charge is -2.18. The van der Waals surface area contributed by atoms with Gasteiger partial charge in [-0.3, -0.25) is 0 Å². The fourth-order valence-electron chi connectivity index (χ4n) is 2.54. The predicted octanol–water partition coefficient (Wildman–Crippen LogP) is 3.79. The predicted molar refractivity (Wildman–Crippen MR) is 81.6 cm³/mol. The largest absolute Gasteiger partial charge is 0.324 e. The van der Waals surface area contributed by atoms with E-state index in [1.165, 1.54) is 6.07 Å². The molecule has 0 unspecified atom stereocenters. The summed E-state index contributed by atoms with van der Waals surface area (Å²) in [7, 11) is 0. The molecule has 2 aromatic rings. The van der Waals surface area contributed by atoms with E-state index in [9.17, 15) is 8.78 Å². The fraction of sp³-hybridized carbons (Fsp3) is 0.533. The lowest BCUT2D eigenvalue weighted by Crippen LogP contribution is -2.25. The van der Waals surface area contributed by atoms with E-state index in [4.69, 9.17) is 11.6 Å². The van der Waals surface area contributed by atoms with Gasteiger partial charge in [0.2, 0.25) is 0 Å². The highest BCUT2D eigenvalue weighted by molar-refractivity contribution is 6.16. The SMILES string of the molecule is CCN(CC)CCCn1c(CCl)nc2ccc(F)c(F)c21. The Labute approximate surface area is 128 Å². The van der Waals surface area contributed by atoms with Gasteiger partial charge in [-0.25, -0.2) is 13.8 Å². The van der Waals surface area contributed by atoms with E-state index in [0.29, 0.717) is 17.9 Å². The first kappa shape index (κ1) is 16.2. The summed E-state index contributed by atoms with van der Waals surface area (Å²) >= 11 is 5.88. The molecule has 0 aliphatic rings. The van der Waals surface area contributed by atoms with Gasteiger partial charge in [0, 0.05) is 6.54 Å². The summed E-state index contributed by atoms with van der Waals surface area (Å²) in [5, 5.41) is 0. The molecule has 0 amide bonds. The first-order valence-corrected chi connectivity index (χ1v) is 7.77. The summed E-state index contributed by atoms with van der Waals surface area (Å²) in [6.45, 7) is 7.66. The van der Waals surface area contributed by atoms with Crippen molar-refractivity contribution in [1.82, 2.24) is 14.5 Å². The molecule has 21 heavy (non-hydrogen) atoms. The fourth-order valence-corrected chi connectivity index (χ4v) is 2.74. The van der Waals surface area contributed by atoms with Gasteiger partial charge in [0.1, 0.15) is 11.3 Å². The van der Waals surface area contributed by atoms with Crippen molar-refractivity contribution in [2.24, 2.45) is 0 Å². The molecule has 1 aromatic heterocycles. The molecule has 0 spiro atoms. The first-order chi connectivity index (χ1) is 10.1. The lowest BCUT2D eigenvalue weighted by molar-refractivity contribution is 0.293. The van der Waals surface area contributed by atoms with Gasteiger partial charge in [0.25, 0.3) is 0 Å². The Balaban J connectivity index is 2.27. The molecule has 0 atom stereocenters. The average Bonchev–Trinajstić information content (AvgIpc) is 2.86. The monoisotopic (exact) mass is 315 g/mol. The van der Waals surface area contributed by atoms with Crippen molar-refractivity contribution < 1.29 is 8.78 Å². The third-order valence-electron chi connectivity index (χ3n) is 3.75. The average molecular weight is 316 g/mol. The minimum absolute atomic E-state index is 0.182. The van der Waals surface area contributed by atoms with E-state index in [0.717, 1.165) is 32.1 Å². The zero-order chi connectivity index (χ0) is 15.4. The summed E-state index contributed by atoms with van der Waals surface area (Å²) < 4.78 is 29.2. The summed E-state index contributed by atoms with van der Waals surface area (Å²) in [6, 6.07) is 2.59. The van der Waals surface area contributed by atoms with Crippen LogP contribution in [0.3, 0.4) is 0 Å². The quantitative estimate of drug-likeness (QED) is 0.725. The molecule has 0 saturated heterocycles. The molecule has 3 nitrogen and oxygen atoms in total. The van der Waals surface area contributed by atoms with Gasteiger partial charge in [-0.2, -0.15) is 0 Å². The van der Waals surface area contributed by atoms with Crippen LogP contribution < -0.4 is 0 Å². The number of aryl methyl sites for hydroxylation is 1. The third-order valence-corrected chi connectivity index (χ3v) is 3.99. The van der Waals surface area contributed by atoms with Crippen molar-refractivity contribution in [3.63, 3.8) is 0 Å². The van der Waals surface area contributed by atoms with Crippen LogP contribution in [0.4, 0.5) is 8.78 Å². The second-order valence-corrected chi connectivity index (χ2v) is 5.19. The minimum atomic E-state index is -0.853. The highest BCUT2D eigenvalue weighted by Gasteiger charge is 2.16. The third kappa shape index (κ3) is 3.35. The Hall–Kier alpha value is -1.20. The molecule has 1 heterocycles. The minimum Gasteiger partial charge on any atom is -0.324 e. The summed E-state index contributed by atoms with van der Waals surface area (Å²) in [5.41, 5.74) is 0.664. The maximum absolute atomic E-state index is 14.0. The maximum Gasteiger partial charge on any atom is 0.184 e. The number of hydrogen-bond donors (Lipinski definition) is 0. The van der Waals surface area contributed by atoms with E-state index < -0.39 is 11.6 Å². The van der Waals surface area contributed by atoms with Gasteiger partial charge in [-0.1, -0.05) is 13.8 Å². The zero-order valence-corrected chi connectivity index (χ0v) is 13.1. The summed E-state index contributed by atoms with van der Waals surface area (Å²) in [5.74, 6) is -0.940. The van der Waals surface area contributed by atoms with E-state index in [1.807, 2.05) is 0 Å². The summed E-state index contributed by atoms with van der Waals surface area (Å²) in [4.78, 5) is 6.57. The Morgan fingerprint density at radius 2 is 1.95 bits per heavy atom. The molecule has 0 radical (unpaired) electrons. The van der Waals surface area contributed by atoms with Crippen molar-refractivity contribution >= 4 is 22.6 Å². The molecule has 0 aliphatic heterocycles. The number of hydrogen-bond acceptors (Lipinski definition) is 2. The van der Waals surface area contributed by atoms with Gasteiger partial charge in [-0.05, 0) is 38.2 Å². The van der Waals surface area contributed by atoms with Crippen molar-refractivity contribution in [3.8, 4) is 0 Å². The number of rotatable bonds is 7. The van der Waals surface area contributed by atoms with Crippen LogP contribution in [0.1, 0.15) is 26.1 Å². The second kappa shape index (κ2) is 7.18. The molecule has 0 fully saturated rings. The number of alkyl halides is 1. The van der Waals surface area contributed by atoms with Crippen molar-refractivity contribution in [2.45, 2.75) is 32.7 Å². The number of halogens is 3. The van der Waals surface area contributed by atoms with Crippen LogP contribution in [0.5, 0.6) is 0 Å². The van der Waals surface area contributed by atoms with Crippen LogP contribution in [0.25, 0.3) is 11.0 Å². The molecule has 0 aliphatic carbocycles. The van der Waals surface area contributed by atoms with Crippen LogP contribution in [0.2, 0.25) is 0 Å². The van der Waals surface area contributed by atoms with Gasteiger partial charge in [0.15, 0.2) is 11.6 Å². The number of fused-ring (bicyclic) bond motifs is 1. The molecule has 116 valence electrons. The standard InChI is InChI=1S/C15H20ClF2N3/c1-3-20(4-2)8-5-9-21-13(10-16)19-12-7-6-11(17)14(18)15(12)21/h6-7H,3-5,8-10H2,1-2H3. The Morgan fingerprint density at radius 1 is 1.24 bits per heavy atom. The number of nitrogens with zero attached hydrogens (tertiary/aromatic N) is 3. The van der Waals surface area contributed by atoms with Gasteiger partial charge >= 0.3 is 0 Å². The van der Waals surface area contributed by atoms with Crippen molar-refractivity contribution in [2.75, 3.05) is 19.6 Å². The molecule has 6 heteroatoms. The maximum atomic E-state index is 14.0. The molecular formula is C15H20ClF2N3. The van der Waals surface area contributed by atoms with Gasteiger partial charge in [-0.15, -0.1) is 11.6 Å². The van der Waals surface area contributed by atoms with Gasteiger partial charge < -0.3 is 9.47 Å². The number of benzene rings is 1. The molecule has 0 N–H and O–H groups in total. The smallest absolute Gasteiger partial charge is 0.184 e. The molecule has 0 saturated carbocycles. The molecule has 2 rings (SSSR count). The lowest BCUT2D eigenvalue weighted by atomic mass is 10.3. The van der Waals surface area contributed by atoms with Crippen LogP contribution >= 0.6 is 11.6 Å². The second-order valence-electron chi connectivity index (χ2n) is 4.92. The Bertz CT molecular complexity index is 608. The van der Waals surface area contributed by atoms with Crippen LogP contribution in [-0.4, -0.2) is 34.1 Å². The molecule has 1 aromatic carbocycles. The highest BCUT2D eigenvalue weighted by Crippen LogP contribution is 2.23. The van der Waals surface area contributed by atoms with Crippen LogP contribution in [-0.2, 0) is 12.4 Å². The van der Waals surface area contributed by atoms with E-state index in [1.54, 1.807) is 4.57 Å². The first-order valence-electron chi connectivity index (χ1n) is 7.23. The number of imidazole rings is 1. The normalized spacial score (nSPS) is 11.7. The highest BCUT2D eigenvalue weighted by atomic mass is 35.5. The number of aromatic nitrogens is 2. The molecule has 0 bridgehead atoms. The van der Waals surface area contributed by atoms with Gasteiger partial charge in [0.05, 0.1) is 11.4 Å². The van der Waals surface area contributed by atoms with E-state index in [2.05, 4.69) is 23.7 Å². The van der Waals surface area contributed by atoms with Crippen molar-refractivity contribution in [3.05, 3.63) is 29.6 Å². The summed E-state index contributed by atoms with van der Waals surface area (Å²) in [6.07, 6.45) is 0.840. The van der Waals surface area contributed by atoms with E-state index >= 15 is 0 Å². The zero-order valence-electron chi connectivity index (χ0n) is 12.4. The van der Waals surface area contributed by atoms with Crippen LogP contribution in [0.15, 0.2) is 12.1 Å². The Morgan fingerprint density at radius 3 is 2.57 bits per heavy atom. The van der Waals surface area contributed by atoms with Crippen LogP contribution in [0, 0.1) is 11.6 Å². The van der Waals surface area contributed by atoms with Crippen molar-refractivity contribution in [1.29, 1.82) is 0 Å².